The number of nitrogens with one attached hydrogen (secondary N) is 1. The van der Waals surface area contributed by atoms with E-state index in [0.29, 0.717) is 47.1 Å². The number of imidazole rings is 1. The molecule has 0 amide bonds. The van der Waals surface area contributed by atoms with Crippen molar-refractivity contribution in [2.75, 3.05) is 18.8 Å². The molecule has 2 atom stereocenters. The van der Waals surface area contributed by atoms with E-state index in [2.05, 4.69) is 49.4 Å². The van der Waals surface area contributed by atoms with Crippen LogP contribution < -0.4 is 5.73 Å². The fourth-order valence-corrected chi connectivity index (χ4v) is 5.94. The molecule has 0 bridgehead atoms. The Morgan fingerprint density at radius 3 is 2.79 bits per heavy atom. The highest BCUT2D eigenvalue weighted by Gasteiger charge is 2.34. The summed E-state index contributed by atoms with van der Waals surface area (Å²) in [5.41, 5.74) is 6.90. The molecule has 1 aliphatic carbocycles. The van der Waals surface area contributed by atoms with Gasteiger partial charge in [-0.1, -0.05) is 11.6 Å². The number of fused-ring (bicyclic) bond motifs is 2. The average Bonchev–Trinajstić information content (AvgIpc) is 3.57. The number of aromatic amines is 1. The molecular formula is C27H33ClF3N7. The number of hydrogen-bond acceptors (Lipinski definition) is 5. The topological polar surface area (TPSA) is 88.7 Å². The number of aryl methyl sites for hydroxylation is 1. The van der Waals surface area contributed by atoms with Crippen LogP contribution in [0.15, 0.2) is 30.7 Å². The van der Waals surface area contributed by atoms with E-state index in [-0.39, 0.29) is 5.02 Å². The van der Waals surface area contributed by atoms with Gasteiger partial charge in [-0.25, -0.2) is 15.0 Å². The number of hydrogen-bond donors (Lipinski definition) is 2. The average molecular weight is 548 g/mol. The Morgan fingerprint density at radius 1 is 1.21 bits per heavy atom. The van der Waals surface area contributed by atoms with Crippen molar-refractivity contribution in [2.24, 2.45) is 5.92 Å². The molecule has 7 nitrogen and oxygen atoms in total. The Morgan fingerprint density at radius 2 is 2.03 bits per heavy atom. The van der Waals surface area contributed by atoms with E-state index < -0.39 is 11.7 Å². The van der Waals surface area contributed by atoms with Crippen molar-refractivity contribution < 1.29 is 13.2 Å². The van der Waals surface area contributed by atoms with E-state index in [1.165, 1.54) is 18.8 Å². The lowest BCUT2D eigenvalue weighted by molar-refractivity contribution is -0.137. The van der Waals surface area contributed by atoms with Crippen molar-refractivity contribution in [2.45, 2.75) is 70.6 Å². The van der Waals surface area contributed by atoms with Gasteiger partial charge in [0.25, 0.3) is 0 Å². The normalized spacial score (nSPS) is 18.5. The van der Waals surface area contributed by atoms with Crippen molar-refractivity contribution in [3.8, 4) is 0 Å². The van der Waals surface area contributed by atoms with Gasteiger partial charge in [0.15, 0.2) is 0 Å². The Kier molecular flexibility index (Phi) is 7.55. The third kappa shape index (κ3) is 5.61. The Labute approximate surface area is 224 Å². The SMILES string of the molecule is CC(C)N(CCCCc1nc2cc(Cl)c(C(F)(F)F)cc2[nH]1)C[C@@H]1CC[C@H](n2ccc3c(N)ncnc32)C1. The summed E-state index contributed by atoms with van der Waals surface area (Å²) in [5.74, 6) is 1.82. The van der Waals surface area contributed by atoms with E-state index in [1.807, 2.05) is 6.07 Å². The van der Waals surface area contributed by atoms with E-state index in [9.17, 15) is 13.2 Å². The highest BCUT2D eigenvalue weighted by Crippen LogP contribution is 2.38. The molecule has 1 aromatic carbocycles. The summed E-state index contributed by atoms with van der Waals surface area (Å²) < 4.78 is 41.7. The number of benzene rings is 1. The first-order valence-corrected chi connectivity index (χ1v) is 13.5. The van der Waals surface area contributed by atoms with Crippen LogP contribution in [0, 0.1) is 5.92 Å². The summed E-state index contributed by atoms with van der Waals surface area (Å²) in [5, 5.41) is 0.584. The molecule has 204 valence electrons. The zero-order valence-corrected chi connectivity index (χ0v) is 22.4. The molecule has 3 N–H and O–H groups in total. The molecule has 1 aliphatic rings. The molecule has 11 heteroatoms. The van der Waals surface area contributed by atoms with Gasteiger partial charge in [0.1, 0.15) is 23.6 Å². The maximum absolute atomic E-state index is 13.2. The number of halogens is 4. The first-order valence-electron chi connectivity index (χ1n) is 13.2. The molecule has 0 spiro atoms. The lowest BCUT2D eigenvalue weighted by atomic mass is 10.1. The van der Waals surface area contributed by atoms with Gasteiger partial charge in [-0.05, 0) is 76.6 Å². The monoisotopic (exact) mass is 547 g/mol. The van der Waals surface area contributed by atoms with Gasteiger partial charge < -0.3 is 20.2 Å². The maximum Gasteiger partial charge on any atom is 0.417 e. The van der Waals surface area contributed by atoms with Crippen LogP contribution in [0.25, 0.3) is 22.1 Å². The van der Waals surface area contributed by atoms with Gasteiger partial charge in [-0.3, -0.25) is 0 Å². The van der Waals surface area contributed by atoms with Gasteiger partial charge in [-0.2, -0.15) is 13.2 Å². The molecule has 5 rings (SSSR count). The summed E-state index contributed by atoms with van der Waals surface area (Å²) in [6.45, 7) is 6.48. The molecule has 0 aliphatic heterocycles. The van der Waals surface area contributed by atoms with Crippen molar-refractivity contribution in [1.82, 2.24) is 29.4 Å². The molecule has 0 radical (unpaired) electrons. The van der Waals surface area contributed by atoms with E-state index in [1.54, 1.807) is 0 Å². The predicted octanol–water partition coefficient (Wildman–Crippen LogP) is 6.64. The second-order valence-electron chi connectivity index (χ2n) is 10.6. The number of nitrogens with zero attached hydrogens (tertiary/aromatic N) is 5. The number of alkyl halides is 3. The summed E-state index contributed by atoms with van der Waals surface area (Å²) in [4.78, 5) is 18.6. The van der Waals surface area contributed by atoms with Gasteiger partial charge in [0.05, 0.1) is 27.0 Å². The van der Waals surface area contributed by atoms with Gasteiger partial charge in [0, 0.05) is 31.2 Å². The number of unbranched alkanes of at least 4 members (excludes halogenated alkanes) is 1. The van der Waals surface area contributed by atoms with Crippen molar-refractivity contribution in [3.63, 3.8) is 0 Å². The predicted molar refractivity (Wildman–Crippen MR) is 144 cm³/mol. The minimum atomic E-state index is -4.49. The lowest BCUT2D eigenvalue weighted by Crippen LogP contribution is -2.35. The van der Waals surface area contributed by atoms with Crippen LogP contribution >= 0.6 is 11.6 Å². The fraction of sp³-hybridized carbons (Fsp3) is 0.519. The first kappa shape index (κ1) is 26.7. The van der Waals surface area contributed by atoms with Gasteiger partial charge in [-0.15, -0.1) is 0 Å². The standard InChI is InChI=1S/C27H33ClF3N7/c1-16(2)37(14-17-6-7-18(11-17)38-10-8-19-25(32)33-15-34-26(19)38)9-4-3-5-24-35-22-12-20(27(29,30)31)21(28)13-23(22)36-24/h8,10,12-13,15-18H,3-7,9,11,14H2,1-2H3,(H,35,36)(H2,32,33,34)/t17-,18+/m1/s1. The molecule has 0 saturated heterocycles. The molecule has 38 heavy (non-hydrogen) atoms. The van der Waals surface area contributed by atoms with E-state index >= 15 is 0 Å². The molecule has 4 aromatic rings. The number of nitrogens with two attached hydrogens (primary N) is 1. The summed E-state index contributed by atoms with van der Waals surface area (Å²) in [6, 6.07) is 5.18. The van der Waals surface area contributed by atoms with Crippen LogP contribution in [0.1, 0.15) is 63.4 Å². The zero-order chi connectivity index (χ0) is 27.0. The highest BCUT2D eigenvalue weighted by molar-refractivity contribution is 6.32. The molecule has 1 saturated carbocycles. The van der Waals surface area contributed by atoms with E-state index in [0.717, 1.165) is 55.9 Å². The lowest BCUT2D eigenvalue weighted by Gasteiger charge is -2.29. The Hall–Kier alpha value is -2.85. The van der Waals surface area contributed by atoms with Crippen molar-refractivity contribution in [1.29, 1.82) is 0 Å². The van der Waals surface area contributed by atoms with Crippen molar-refractivity contribution in [3.05, 3.63) is 47.1 Å². The molecule has 3 aromatic heterocycles. The minimum absolute atomic E-state index is 0.327. The summed E-state index contributed by atoms with van der Waals surface area (Å²) in [6.07, 6.45) is 5.08. The molecule has 3 heterocycles. The highest BCUT2D eigenvalue weighted by atomic mass is 35.5. The van der Waals surface area contributed by atoms with Crippen LogP contribution in [0.5, 0.6) is 0 Å². The van der Waals surface area contributed by atoms with Crippen LogP contribution in [0.3, 0.4) is 0 Å². The fourth-order valence-electron chi connectivity index (χ4n) is 5.67. The number of H-pyrrole nitrogens is 1. The first-order chi connectivity index (χ1) is 18.1. The molecule has 0 unspecified atom stereocenters. The molecule has 1 fully saturated rings. The van der Waals surface area contributed by atoms with Crippen LogP contribution in [0.4, 0.5) is 19.0 Å². The van der Waals surface area contributed by atoms with Crippen molar-refractivity contribution >= 4 is 39.5 Å². The van der Waals surface area contributed by atoms with E-state index in [4.69, 9.17) is 17.3 Å². The second-order valence-corrected chi connectivity index (χ2v) is 11.0. The smallest absolute Gasteiger partial charge is 0.383 e. The quantitative estimate of drug-likeness (QED) is 0.229. The number of aromatic nitrogens is 5. The van der Waals surface area contributed by atoms with Crippen LogP contribution in [-0.2, 0) is 12.6 Å². The molecular weight excluding hydrogens is 515 g/mol. The zero-order valence-electron chi connectivity index (χ0n) is 21.6. The second kappa shape index (κ2) is 10.7. The Bertz CT molecular complexity index is 1410. The van der Waals surface area contributed by atoms with Crippen LogP contribution in [0.2, 0.25) is 5.02 Å². The summed E-state index contributed by atoms with van der Waals surface area (Å²) in [7, 11) is 0. The number of nitrogen functional groups attached to an aromatic ring is 1. The third-order valence-electron chi connectivity index (χ3n) is 7.70. The minimum Gasteiger partial charge on any atom is -0.383 e. The largest absolute Gasteiger partial charge is 0.417 e. The Balaban J connectivity index is 1.14. The van der Waals surface area contributed by atoms with Gasteiger partial charge in [0.2, 0.25) is 0 Å². The number of anilines is 1. The van der Waals surface area contributed by atoms with Gasteiger partial charge >= 0.3 is 6.18 Å². The number of rotatable bonds is 9. The third-order valence-corrected chi connectivity index (χ3v) is 8.02. The van der Waals surface area contributed by atoms with Crippen LogP contribution in [-0.4, -0.2) is 48.5 Å². The summed E-state index contributed by atoms with van der Waals surface area (Å²) >= 11 is 5.84. The maximum atomic E-state index is 13.2.